The Morgan fingerprint density at radius 3 is 1.40 bits per heavy atom. The molecule has 0 aliphatic heterocycles. The molecule has 0 spiro atoms. The van der Waals surface area contributed by atoms with E-state index in [1.165, 1.54) is 14.9 Å². The Morgan fingerprint density at radius 2 is 1.07 bits per heavy atom. The monoisotopic (exact) mass is 1240 g/mol. The van der Waals surface area contributed by atoms with E-state index in [2.05, 4.69) is 60.9 Å². The molecule has 2 saturated carbocycles. The SMILES string of the molecule is CC(=O)OOC(C)=O.CCN(CCO)C1CCC(c2cnc3c(c2)c(-c2cnn(C)c2)cn3S(=O)(=O)c2ccccc2)CC1.CCNCCO.Cn1cc(-c2cn(S(=O)(=O)c3ccccc3)c3ncc(C4CCC(=O)CC4)cc23)cn1.[B-]OC(C)=O.[Na+]. The summed E-state index contributed by atoms with van der Waals surface area (Å²) in [5.41, 5.74) is 6.26. The van der Waals surface area contributed by atoms with Crippen molar-refractivity contribution >= 4 is 73.9 Å². The van der Waals surface area contributed by atoms with Crippen molar-refractivity contribution in [1.29, 1.82) is 0 Å². The third-order valence-corrected chi connectivity index (χ3v) is 17.7. The van der Waals surface area contributed by atoms with Gasteiger partial charge in [0.2, 0.25) is 5.97 Å². The number of Topliss-reactive ketones (excluding diaryl/α,β-unsaturated/α-hetero) is 1. The molecule has 2 aliphatic carbocycles. The number of aliphatic hydroxyl groups excluding tert-OH is 2. The van der Waals surface area contributed by atoms with E-state index in [0.717, 1.165) is 123 Å². The summed E-state index contributed by atoms with van der Waals surface area (Å²) in [5.74, 6) is -0.806. The van der Waals surface area contributed by atoms with Crippen LogP contribution in [0, 0.1) is 0 Å². The average molecular weight is 1240 g/mol. The van der Waals surface area contributed by atoms with E-state index in [1.807, 2.05) is 45.7 Å². The quantitative estimate of drug-likeness (QED) is 0.0562. The topological polar surface area (TPSA) is 291 Å². The number of nitrogens with zero attached hydrogens (tertiary/aromatic N) is 9. The number of pyridine rings is 2. The minimum atomic E-state index is -3.81. The van der Waals surface area contributed by atoms with Gasteiger partial charge in [0, 0.05) is 137 Å². The number of nitrogens with one attached hydrogen (secondary N) is 1. The average Bonchev–Trinajstić information content (AvgIpc) is 1.64. The minimum Gasteiger partial charge on any atom is -0.793 e. The number of carbonyl (C=O) groups excluding carboxylic acids is 4. The van der Waals surface area contributed by atoms with E-state index >= 15 is 0 Å². The molecule has 2 fully saturated rings. The Labute approximate surface area is 531 Å². The maximum absolute atomic E-state index is 13.5. The molecule has 0 saturated heterocycles. The van der Waals surface area contributed by atoms with E-state index in [1.54, 1.807) is 101 Å². The molecule has 459 valence electrons. The number of benzene rings is 2. The smallest absolute Gasteiger partial charge is 0.793 e. The van der Waals surface area contributed by atoms with E-state index in [9.17, 15) is 41.1 Å². The number of aromatic nitrogens is 8. The molecular weight excluding hydrogens is 1170 g/mol. The van der Waals surface area contributed by atoms with Crippen LogP contribution in [0.25, 0.3) is 44.3 Å². The molecule has 0 bridgehead atoms. The number of likely N-dealkylation sites (N-methyl/N-ethyl adjacent to an activating group) is 2. The number of aliphatic hydroxyl groups is 2. The fourth-order valence-electron chi connectivity index (χ4n) is 10.1. The molecule has 23 nitrogen and oxygen atoms in total. The van der Waals surface area contributed by atoms with Crippen molar-refractivity contribution in [2.75, 3.05) is 39.4 Å². The van der Waals surface area contributed by atoms with Crippen molar-refractivity contribution in [3.8, 4) is 22.3 Å². The van der Waals surface area contributed by atoms with Gasteiger partial charge in [-0.2, -0.15) is 10.2 Å². The van der Waals surface area contributed by atoms with Crippen molar-refractivity contribution in [2.45, 2.75) is 114 Å². The van der Waals surface area contributed by atoms with Gasteiger partial charge in [-0.1, -0.05) is 50.2 Å². The Bertz CT molecular complexity index is 3730. The molecule has 10 rings (SSSR count). The second-order valence-corrected chi connectivity index (χ2v) is 24.0. The summed E-state index contributed by atoms with van der Waals surface area (Å²) in [6, 6.07) is 21.5. The van der Waals surface area contributed by atoms with Gasteiger partial charge in [0.1, 0.15) is 5.78 Å². The summed E-state index contributed by atoms with van der Waals surface area (Å²) in [6.07, 6.45) is 21.2. The molecule has 27 heteroatoms. The van der Waals surface area contributed by atoms with E-state index in [4.69, 9.17) is 10.1 Å². The van der Waals surface area contributed by atoms with Crippen molar-refractivity contribution in [3.63, 3.8) is 0 Å². The Balaban J connectivity index is 0.000000244. The van der Waals surface area contributed by atoms with E-state index in [0.29, 0.717) is 41.9 Å². The van der Waals surface area contributed by atoms with Crippen LogP contribution < -0.4 is 34.9 Å². The Kier molecular flexibility index (Phi) is 27.7. The van der Waals surface area contributed by atoms with Crippen LogP contribution in [0.15, 0.2) is 132 Å². The van der Waals surface area contributed by atoms with Crippen LogP contribution in [0.5, 0.6) is 0 Å². The first-order valence-corrected chi connectivity index (χ1v) is 31.1. The van der Waals surface area contributed by atoms with Gasteiger partial charge in [-0.05, 0) is 111 Å². The summed E-state index contributed by atoms with van der Waals surface area (Å²) in [6.45, 7) is 11.4. The molecule has 3 N–H and O–H groups in total. The molecule has 2 aromatic carbocycles. The van der Waals surface area contributed by atoms with Crippen LogP contribution in [0.4, 0.5) is 0 Å². The van der Waals surface area contributed by atoms with Crippen LogP contribution in [-0.4, -0.2) is 147 Å². The van der Waals surface area contributed by atoms with Gasteiger partial charge < -0.3 is 28.2 Å². The number of hydrogen-bond donors (Lipinski definition) is 3. The number of fused-ring (bicyclic) bond motifs is 2. The van der Waals surface area contributed by atoms with Crippen LogP contribution in [0.1, 0.15) is 109 Å². The molecule has 0 atom stereocenters. The van der Waals surface area contributed by atoms with Crippen molar-refractivity contribution < 1.29 is 90.2 Å². The van der Waals surface area contributed by atoms with Gasteiger partial charge >= 0.3 is 41.5 Å². The third-order valence-electron chi connectivity index (χ3n) is 14.4. The summed E-state index contributed by atoms with van der Waals surface area (Å²) >= 11 is 0. The predicted octanol–water partition coefficient (Wildman–Crippen LogP) is 4.17. The molecule has 87 heavy (non-hydrogen) atoms. The van der Waals surface area contributed by atoms with Gasteiger partial charge in [-0.15, -0.1) is 0 Å². The van der Waals surface area contributed by atoms with E-state index in [-0.39, 0.29) is 58.5 Å². The number of rotatable bonds is 15. The molecule has 6 heterocycles. The second kappa shape index (κ2) is 34.0. The Morgan fingerprint density at radius 1 is 0.644 bits per heavy atom. The summed E-state index contributed by atoms with van der Waals surface area (Å²) in [7, 11) is 0.380. The van der Waals surface area contributed by atoms with Gasteiger partial charge in [-0.25, -0.2) is 54.1 Å². The molecule has 6 aromatic heterocycles. The molecule has 0 unspecified atom stereocenters. The number of hydrogen-bond acceptors (Lipinski definition) is 19. The molecule has 3 radical (unpaired) electrons. The van der Waals surface area contributed by atoms with Gasteiger partial charge in [0.15, 0.2) is 11.3 Å². The normalized spacial score (nSPS) is 15.0. The van der Waals surface area contributed by atoms with Crippen LogP contribution in [-0.2, 0) is 67.7 Å². The maximum Gasteiger partial charge on any atom is 1.00 e. The first-order valence-electron chi connectivity index (χ1n) is 28.2. The van der Waals surface area contributed by atoms with Gasteiger partial charge in [0.25, 0.3) is 20.0 Å². The zero-order valence-electron chi connectivity index (χ0n) is 50.5. The van der Waals surface area contributed by atoms with Gasteiger partial charge in [0.05, 0.1) is 35.4 Å². The zero-order chi connectivity index (χ0) is 62.6. The predicted molar refractivity (Wildman–Crippen MR) is 324 cm³/mol. The van der Waals surface area contributed by atoms with Gasteiger partial charge in [-0.3, -0.25) is 23.9 Å². The number of ketones is 1. The van der Waals surface area contributed by atoms with E-state index < -0.39 is 38.0 Å². The number of carbonyl (C=O) groups is 4. The first-order chi connectivity index (χ1) is 41.2. The third kappa shape index (κ3) is 19.3. The standard InChI is InChI=1S/C27H33N5O3S.C23H22N4O3S.C4H11NO.C4H6O4.C2H3BO2.Na/c1-3-31(13-14-33)23-11-9-20(10-12-23)21-15-25-26(22-17-29-30(2)18-22)19-32(27(25)28-16-21)36(34,35)24-7-5-4-6-8-24;1-26-14-18(13-25-26)22-15-27(31(29,30)20-5-3-2-4-6-20)23-21(22)11-17(12-24-23)16-7-9-19(28)10-8-16;1-2-5-3-4-6;1-3(5)7-8-4(2)6;1-2(4)5-3;/h4-8,15-20,23,33H,3,9-14H2,1-2H3;2-6,11-16H,7-10H2,1H3;5-6H,2-4H2,1H3;1-2H3;1H3;/q;;;;-1;+1. The van der Waals surface area contributed by atoms with Crippen molar-refractivity contribution in [3.05, 3.63) is 133 Å². The summed E-state index contributed by atoms with van der Waals surface area (Å²) in [4.78, 5) is 60.6. The Hall–Kier alpha value is -6.88. The summed E-state index contributed by atoms with van der Waals surface area (Å²) in [5, 5.41) is 30.6. The number of aryl methyl sites for hydroxylation is 2. The minimum absolute atomic E-state index is 0. The first kappa shape index (κ1) is 70.9. The van der Waals surface area contributed by atoms with Crippen molar-refractivity contribution in [1.82, 2.24) is 47.7 Å². The molecule has 8 aromatic rings. The molecular formula is C60H75BN10NaO13S2. The van der Waals surface area contributed by atoms with Crippen LogP contribution in [0.3, 0.4) is 0 Å². The fourth-order valence-corrected chi connectivity index (χ4v) is 12.8. The van der Waals surface area contributed by atoms with Crippen LogP contribution >= 0.6 is 0 Å². The van der Waals surface area contributed by atoms with Crippen LogP contribution in [0.2, 0.25) is 0 Å². The molecule has 0 amide bonds. The summed E-state index contributed by atoms with van der Waals surface area (Å²) < 4.78 is 63.4. The second-order valence-electron chi connectivity index (χ2n) is 20.4. The van der Waals surface area contributed by atoms with Crippen molar-refractivity contribution in [2.24, 2.45) is 14.1 Å². The zero-order valence-corrected chi connectivity index (χ0v) is 54.1. The fraction of sp³-hybridized carbons (Fsp3) is 0.400. The maximum atomic E-state index is 13.5. The largest absolute Gasteiger partial charge is 1.00 e. The molecule has 2 aliphatic rings.